The number of rotatable bonds is 6. The van der Waals surface area contributed by atoms with Gasteiger partial charge in [-0.2, -0.15) is 0 Å². The van der Waals surface area contributed by atoms with Gasteiger partial charge in [-0.05, 0) is 36.5 Å². The maximum atomic E-state index is 6.24. The Morgan fingerprint density at radius 1 is 1.12 bits per heavy atom. The molecular formula is C25H30N6O2. The first-order valence-corrected chi connectivity index (χ1v) is 11.4. The normalized spacial score (nSPS) is 18.2. The van der Waals surface area contributed by atoms with Crippen LogP contribution < -0.4 is 9.64 Å². The molecule has 33 heavy (non-hydrogen) atoms. The number of aromatic nitrogens is 4. The summed E-state index contributed by atoms with van der Waals surface area (Å²) in [5.41, 5.74) is 6.80. The minimum Gasteiger partial charge on any atom is -0.496 e. The summed E-state index contributed by atoms with van der Waals surface area (Å²) in [6.45, 7) is 3.08. The van der Waals surface area contributed by atoms with Gasteiger partial charge in [0.2, 0.25) is 5.95 Å². The van der Waals surface area contributed by atoms with Crippen LogP contribution in [0.15, 0.2) is 37.1 Å². The maximum Gasteiger partial charge on any atom is 0.225 e. The molecule has 3 heterocycles. The van der Waals surface area contributed by atoms with Gasteiger partial charge in [-0.1, -0.05) is 6.07 Å². The smallest absolute Gasteiger partial charge is 0.225 e. The van der Waals surface area contributed by atoms with Crippen LogP contribution in [-0.4, -0.2) is 65.7 Å². The fourth-order valence-corrected chi connectivity index (χ4v) is 4.73. The molecular weight excluding hydrogens is 416 g/mol. The van der Waals surface area contributed by atoms with Gasteiger partial charge >= 0.3 is 0 Å². The van der Waals surface area contributed by atoms with E-state index in [1.165, 1.54) is 29.4 Å². The minimum absolute atomic E-state index is 0.170. The summed E-state index contributed by atoms with van der Waals surface area (Å²) in [6.07, 6.45) is 10.3. The molecule has 1 fully saturated rings. The van der Waals surface area contributed by atoms with Crippen LogP contribution in [-0.2, 0) is 24.1 Å². The quantitative estimate of drug-likeness (QED) is 0.572. The summed E-state index contributed by atoms with van der Waals surface area (Å²) < 4.78 is 12.0. The Morgan fingerprint density at radius 2 is 1.91 bits per heavy atom. The minimum atomic E-state index is -0.170. The molecule has 0 saturated carbocycles. The Bertz CT molecular complexity index is 1120. The molecule has 2 aliphatic rings. The largest absolute Gasteiger partial charge is 0.496 e. The summed E-state index contributed by atoms with van der Waals surface area (Å²) in [7, 11) is 5.65. The van der Waals surface area contributed by atoms with Gasteiger partial charge in [0.1, 0.15) is 18.2 Å². The maximum absolute atomic E-state index is 6.24. The molecule has 5 rings (SSSR count). The van der Waals surface area contributed by atoms with Crippen molar-refractivity contribution in [1.29, 1.82) is 0 Å². The lowest BCUT2D eigenvalue weighted by Crippen LogP contribution is -2.38. The zero-order valence-corrected chi connectivity index (χ0v) is 19.5. The number of hydrogen-bond acceptors (Lipinski definition) is 8. The number of morpholine rings is 1. The molecule has 8 nitrogen and oxygen atoms in total. The standard InChI is InChI=1S/C25H30N6O2/c1-30(2)25-28-13-21(20-11-26-16-27-12-20)24(29-25)23-15-31(7-8-33-23)14-19-9-17-5-4-6-18(17)10-22(19)32-3/h9-13,16,23H,4-8,14-15H2,1-3H3. The lowest BCUT2D eigenvalue weighted by Gasteiger charge is -2.34. The highest BCUT2D eigenvalue weighted by atomic mass is 16.5. The second-order valence-electron chi connectivity index (χ2n) is 8.87. The first-order chi connectivity index (χ1) is 16.1. The summed E-state index contributed by atoms with van der Waals surface area (Å²) in [4.78, 5) is 22.1. The lowest BCUT2D eigenvalue weighted by atomic mass is 10.0. The average molecular weight is 447 g/mol. The summed E-state index contributed by atoms with van der Waals surface area (Å²) >= 11 is 0. The van der Waals surface area contributed by atoms with E-state index in [2.05, 4.69) is 32.0 Å². The van der Waals surface area contributed by atoms with Gasteiger partial charge in [0.25, 0.3) is 0 Å². The third kappa shape index (κ3) is 4.54. The van der Waals surface area contributed by atoms with Crippen LogP contribution in [0, 0.1) is 0 Å². The number of ether oxygens (including phenoxy) is 2. The number of methoxy groups -OCH3 is 1. The number of fused-ring (bicyclic) bond motifs is 1. The molecule has 1 atom stereocenters. The fraction of sp³-hybridized carbons (Fsp3) is 0.440. The van der Waals surface area contributed by atoms with Gasteiger partial charge < -0.3 is 14.4 Å². The Hall–Kier alpha value is -3.10. The van der Waals surface area contributed by atoms with Gasteiger partial charge in [0.15, 0.2) is 0 Å². The summed E-state index contributed by atoms with van der Waals surface area (Å²) in [5, 5.41) is 0. The molecule has 0 amide bonds. The van der Waals surface area contributed by atoms with Crippen molar-refractivity contribution in [3.05, 3.63) is 59.4 Å². The van der Waals surface area contributed by atoms with Crippen LogP contribution in [0.25, 0.3) is 11.1 Å². The van der Waals surface area contributed by atoms with E-state index in [4.69, 9.17) is 14.5 Å². The second kappa shape index (κ2) is 9.41. The first kappa shape index (κ1) is 21.7. The topological polar surface area (TPSA) is 76.5 Å². The molecule has 3 aromatic rings. The van der Waals surface area contributed by atoms with Crippen molar-refractivity contribution in [2.75, 3.05) is 45.8 Å². The van der Waals surface area contributed by atoms with Crippen LogP contribution in [0.2, 0.25) is 0 Å². The fourth-order valence-electron chi connectivity index (χ4n) is 4.73. The zero-order valence-electron chi connectivity index (χ0n) is 19.5. The Balaban J connectivity index is 1.43. The molecule has 0 N–H and O–H groups in total. The number of aryl methyl sites for hydroxylation is 2. The zero-order chi connectivity index (χ0) is 22.8. The molecule has 0 bridgehead atoms. The molecule has 172 valence electrons. The predicted octanol–water partition coefficient (Wildman–Crippen LogP) is 3.07. The van der Waals surface area contributed by atoms with Crippen LogP contribution >= 0.6 is 0 Å². The van der Waals surface area contributed by atoms with E-state index in [1.54, 1.807) is 19.5 Å². The van der Waals surface area contributed by atoms with Gasteiger partial charge in [0, 0.05) is 69.0 Å². The van der Waals surface area contributed by atoms with Gasteiger partial charge in [-0.25, -0.2) is 19.9 Å². The number of nitrogens with zero attached hydrogens (tertiary/aromatic N) is 6. The first-order valence-electron chi connectivity index (χ1n) is 11.4. The molecule has 1 saturated heterocycles. The van der Waals surface area contributed by atoms with Crippen molar-refractivity contribution in [1.82, 2.24) is 24.8 Å². The van der Waals surface area contributed by atoms with Crippen molar-refractivity contribution in [3.8, 4) is 16.9 Å². The van der Waals surface area contributed by atoms with E-state index in [0.29, 0.717) is 12.6 Å². The number of benzene rings is 1. The molecule has 1 aliphatic heterocycles. The lowest BCUT2D eigenvalue weighted by molar-refractivity contribution is -0.0348. The number of hydrogen-bond donors (Lipinski definition) is 0. The molecule has 2 aromatic heterocycles. The van der Waals surface area contributed by atoms with E-state index >= 15 is 0 Å². The van der Waals surface area contributed by atoms with Crippen molar-refractivity contribution < 1.29 is 9.47 Å². The SMILES string of the molecule is COc1cc2c(cc1CN1CCOC(c3nc(N(C)C)ncc3-c3cncnc3)C1)CCC2. The number of anilines is 1. The highest BCUT2D eigenvalue weighted by Crippen LogP contribution is 2.34. The Kier molecular flexibility index (Phi) is 6.20. The van der Waals surface area contributed by atoms with E-state index < -0.39 is 0 Å². The van der Waals surface area contributed by atoms with Crippen molar-refractivity contribution in [2.45, 2.75) is 31.9 Å². The Morgan fingerprint density at radius 3 is 2.67 bits per heavy atom. The summed E-state index contributed by atoms with van der Waals surface area (Å²) in [6, 6.07) is 4.57. The second-order valence-corrected chi connectivity index (χ2v) is 8.87. The van der Waals surface area contributed by atoms with E-state index in [-0.39, 0.29) is 6.10 Å². The van der Waals surface area contributed by atoms with Crippen LogP contribution in [0.4, 0.5) is 5.95 Å². The highest BCUT2D eigenvalue weighted by molar-refractivity contribution is 5.64. The average Bonchev–Trinajstić information content (AvgIpc) is 3.31. The highest BCUT2D eigenvalue weighted by Gasteiger charge is 2.28. The van der Waals surface area contributed by atoms with Gasteiger partial charge in [-0.3, -0.25) is 4.90 Å². The van der Waals surface area contributed by atoms with Gasteiger partial charge in [0.05, 0.1) is 19.4 Å². The van der Waals surface area contributed by atoms with Gasteiger partial charge in [-0.15, -0.1) is 0 Å². The van der Waals surface area contributed by atoms with Crippen molar-refractivity contribution in [3.63, 3.8) is 0 Å². The third-order valence-electron chi connectivity index (χ3n) is 6.42. The van der Waals surface area contributed by atoms with Crippen molar-refractivity contribution in [2.24, 2.45) is 0 Å². The summed E-state index contributed by atoms with van der Waals surface area (Å²) in [5.74, 6) is 1.64. The molecule has 0 spiro atoms. The molecule has 0 radical (unpaired) electrons. The molecule has 8 heteroatoms. The molecule has 1 unspecified atom stereocenters. The van der Waals surface area contributed by atoms with Crippen LogP contribution in [0.1, 0.15) is 34.9 Å². The molecule has 1 aliphatic carbocycles. The van der Waals surface area contributed by atoms with E-state index in [9.17, 15) is 0 Å². The van der Waals surface area contributed by atoms with E-state index in [0.717, 1.165) is 55.0 Å². The van der Waals surface area contributed by atoms with Crippen molar-refractivity contribution >= 4 is 5.95 Å². The molecule has 1 aromatic carbocycles. The Labute approximate surface area is 194 Å². The van der Waals surface area contributed by atoms with E-state index in [1.807, 2.05) is 25.2 Å². The monoisotopic (exact) mass is 446 g/mol. The van der Waals surface area contributed by atoms with Crippen LogP contribution in [0.5, 0.6) is 5.75 Å². The predicted molar refractivity (Wildman–Crippen MR) is 126 cm³/mol. The third-order valence-corrected chi connectivity index (χ3v) is 6.42. The van der Waals surface area contributed by atoms with Crippen LogP contribution in [0.3, 0.4) is 0 Å².